The van der Waals surface area contributed by atoms with Gasteiger partial charge in [0.25, 0.3) is 0 Å². The van der Waals surface area contributed by atoms with Crippen molar-refractivity contribution in [2.24, 2.45) is 5.92 Å². The van der Waals surface area contributed by atoms with Crippen LogP contribution in [-0.2, 0) is 9.53 Å². The number of carbonyl (C=O) groups is 1. The molecule has 2 aliphatic rings. The maximum absolute atomic E-state index is 11.8. The first-order chi connectivity index (χ1) is 10.7. The summed E-state index contributed by atoms with van der Waals surface area (Å²) in [7, 11) is 0. The quantitative estimate of drug-likeness (QED) is 0.906. The first-order valence-corrected chi connectivity index (χ1v) is 8.47. The largest absolute Gasteiger partial charge is 0.383 e. The molecule has 4 nitrogen and oxygen atoms in total. The second-order valence-electron chi connectivity index (χ2n) is 6.53. The zero-order valence-corrected chi connectivity index (χ0v) is 13.4. The number of hydrogen-bond donors (Lipinski definition) is 1. The van der Waals surface area contributed by atoms with Crippen LogP contribution in [0.4, 0.5) is 11.4 Å². The van der Waals surface area contributed by atoms with E-state index >= 15 is 0 Å². The predicted octanol–water partition coefficient (Wildman–Crippen LogP) is 3.43. The van der Waals surface area contributed by atoms with Gasteiger partial charge in [0.15, 0.2) is 0 Å². The molecule has 2 aliphatic heterocycles. The Bertz CT molecular complexity index is 494. The van der Waals surface area contributed by atoms with Crippen molar-refractivity contribution in [2.45, 2.75) is 45.1 Å². The van der Waals surface area contributed by atoms with E-state index in [4.69, 9.17) is 4.74 Å². The number of rotatable bonds is 5. The Kier molecular flexibility index (Phi) is 4.98. The maximum atomic E-state index is 11.8. The standard InChI is InChI=1S/C18H26N2O2/c1-14(13-15-8-11-22-12-9-15)19-16-4-6-17(7-5-16)20-10-2-3-18(20)21/h4-7,14-15,19H,2-3,8-13H2,1H3/t14-/m0/s1. The van der Waals surface area contributed by atoms with Crippen LogP contribution >= 0.6 is 0 Å². The number of hydrogen-bond acceptors (Lipinski definition) is 3. The summed E-state index contributed by atoms with van der Waals surface area (Å²) in [5.74, 6) is 1.02. The Morgan fingerprint density at radius 2 is 2.00 bits per heavy atom. The van der Waals surface area contributed by atoms with Gasteiger partial charge in [-0.1, -0.05) is 0 Å². The molecule has 4 heteroatoms. The van der Waals surface area contributed by atoms with E-state index in [1.54, 1.807) is 0 Å². The summed E-state index contributed by atoms with van der Waals surface area (Å²) >= 11 is 0. The molecule has 0 spiro atoms. The zero-order chi connectivity index (χ0) is 15.4. The molecular formula is C18H26N2O2. The van der Waals surface area contributed by atoms with Crippen molar-refractivity contribution in [3.8, 4) is 0 Å². The van der Waals surface area contributed by atoms with Gasteiger partial charge in [0.2, 0.25) is 5.91 Å². The third kappa shape index (κ3) is 3.80. The van der Waals surface area contributed by atoms with Crippen molar-refractivity contribution in [2.75, 3.05) is 30.0 Å². The van der Waals surface area contributed by atoms with Gasteiger partial charge in [0, 0.05) is 43.6 Å². The van der Waals surface area contributed by atoms with Crippen molar-refractivity contribution >= 4 is 17.3 Å². The number of carbonyl (C=O) groups excluding carboxylic acids is 1. The Labute approximate surface area is 132 Å². The monoisotopic (exact) mass is 302 g/mol. The highest BCUT2D eigenvalue weighted by Crippen LogP contribution is 2.25. The number of ether oxygens (including phenoxy) is 1. The first-order valence-electron chi connectivity index (χ1n) is 8.47. The molecule has 0 aliphatic carbocycles. The van der Waals surface area contributed by atoms with Gasteiger partial charge in [-0.15, -0.1) is 0 Å². The molecule has 1 aromatic carbocycles. The van der Waals surface area contributed by atoms with E-state index in [1.165, 1.54) is 19.3 Å². The highest BCUT2D eigenvalue weighted by molar-refractivity contribution is 5.95. The molecule has 22 heavy (non-hydrogen) atoms. The van der Waals surface area contributed by atoms with Crippen LogP contribution in [0, 0.1) is 5.92 Å². The zero-order valence-electron chi connectivity index (χ0n) is 13.4. The molecule has 1 N–H and O–H groups in total. The van der Waals surface area contributed by atoms with Gasteiger partial charge < -0.3 is 15.0 Å². The summed E-state index contributed by atoms with van der Waals surface area (Å²) in [4.78, 5) is 13.6. The lowest BCUT2D eigenvalue weighted by Crippen LogP contribution is -2.24. The Morgan fingerprint density at radius 1 is 1.27 bits per heavy atom. The molecule has 3 rings (SSSR count). The van der Waals surface area contributed by atoms with Gasteiger partial charge >= 0.3 is 0 Å². The molecule has 2 fully saturated rings. The minimum absolute atomic E-state index is 0.244. The summed E-state index contributed by atoms with van der Waals surface area (Å²) in [5.41, 5.74) is 2.15. The molecule has 1 atom stereocenters. The van der Waals surface area contributed by atoms with Crippen LogP contribution in [0.15, 0.2) is 24.3 Å². The molecule has 0 saturated carbocycles. The number of nitrogens with one attached hydrogen (secondary N) is 1. The van der Waals surface area contributed by atoms with Crippen LogP contribution < -0.4 is 10.2 Å². The summed E-state index contributed by atoms with van der Waals surface area (Å²) < 4.78 is 5.42. The SMILES string of the molecule is C[C@@H](CC1CCOCC1)Nc1ccc(N2CCCC2=O)cc1. The van der Waals surface area contributed by atoms with E-state index in [-0.39, 0.29) is 5.91 Å². The van der Waals surface area contributed by atoms with Crippen LogP contribution in [0.1, 0.15) is 39.0 Å². The lowest BCUT2D eigenvalue weighted by Gasteiger charge is -2.26. The molecule has 1 amide bonds. The molecule has 2 saturated heterocycles. The Hall–Kier alpha value is -1.55. The topological polar surface area (TPSA) is 41.6 Å². The molecule has 0 bridgehead atoms. The van der Waals surface area contributed by atoms with Crippen molar-refractivity contribution in [3.63, 3.8) is 0 Å². The van der Waals surface area contributed by atoms with Crippen molar-refractivity contribution in [3.05, 3.63) is 24.3 Å². The minimum atomic E-state index is 0.244. The average Bonchev–Trinajstić information content (AvgIpc) is 2.95. The van der Waals surface area contributed by atoms with Crippen molar-refractivity contribution in [1.29, 1.82) is 0 Å². The Morgan fingerprint density at radius 3 is 2.64 bits per heavy atom. The van der Waals surface area contributed by atoms with Gasteiger partial charge in [-0.05, 0) is 62.8 Å². The Balaban J connectivity index is 1.52. The second kappa shape index (κ2) is 7.14. The lowest BCUT2D eigenvalue weighted by atomic mass is 9.93. The van der Waals surface area contributed by atoms with Crippen molar-refractivity contribution in [1.82, 2.24) is 0 Å². The fourth-order valence-corrected chi connectivity index (χ4v) is 3.48. The van der Waals surface area contributed by atoms with Crippen LogP contribution in [0.5, 0.6) is 0 Å². The molecule has 0 radical (unpaired) electrons. The molecule has 120 valence electrons. The third-order valence-electron chi connectivity index (χ3n) is 4.69. The van der Waals surface area contributed by atoms with Gasteiger partial charge in [-0.25, -0.2) is 0 Å². The van der Waals surface area contributed by atoms with E-state index in [1.807, 2.05) is 17.0 Å². The first kappa shape index (κ1) is 15.3. The molecule has 1 aromatic rings. The number of benzene rings is 1. The van der Waals surface area contributed by atoms with Gasteiger partial charge in [-0.3, -0.25) is 4.79 Å². The summed E-state index contributed by atoms with van der Waals surface area (Å²) in [5, 5.41) is 3.57. The van der Waals surface area contributed by atoms with Crippen LogP contribution in [0.3, 0.4) is 0 Å². The van der Waals surface area contributed by atoms with E-state index in [9.17, 15) is 4.79 Å². The summed E-state index contributed by atoms with van der Waals surface area (Å²) in [6, 6.07) is 8.73. The molecule has 2 heterocycles. The fraction of sp³-hybridized carbons (Fsp3) is 0.611. The third-order valence-corrected chi connectivity index (χ3v) is 4.69. The highest BCUT2D eigenvalue weighted by Gasteiger charge is 2.21. The van der Waals surface area contributed by atoms with Gasteiger partial charge in [0.05, 0.1) is 0 Å². The van der Waals surface area contributed by atoms with Crippen LogP contribution in [0.2, 0.25) is 0 Å². The lowest BCUT2D eigenvalue weighted by molar-refractivity contribution is -0.117. The second-order valence-corrected chi connectivity index (χ2v) is 6.53. The predicted molar refractivity (Wildman–Crippen MR) is 89.3 cm³/mol. The summed E-state index contributed by atoms with van der Waals surface area (Å²) in [6.45, 7) is 4.92. The summed E-state index contributed by atoms with van der Waals surface area (Å²) in [6.07, 6.45) is 5.21. The fourth-order valence-electron chi connectivity index (χ4n) is 3.48. The molecular weight excluding hydrogens is 276 g/mol. The average molecular weight is 302 g/mol. The smallest absolute Gasteiger partial charge is 0.227 e. The minimum Gasteiger partial charge on any atom is -0.383 e. The number of amides is 1. The maximum Gasteiger partial charge on any atom is 0.227 e. The van der Waals surface area contributed by atoms with E-state index in [0.717, 1.165) is 43.5 Å². The van der Waals surface area contributed by atoms with Crippen LogP contribution in [-0.4, -0.2) is 31.7 Å². The highest BCUT2D eigenvalue weighted by atomic mass is 16.5. The van der Waals surface area contributed by atoms with E-state index in [2.05, 4.69) is 24.4 Å². The number of nitrogens with zero attached hydrogens (tertiary/aromatic N) is 1. The normalized spacial score (nSPS) is 21.1. The van der Waals surface area contributed by atoms with Gasteiger partial charge in [0.1, 0.15) is 0 Å². The molecule has 0 aromatic heterocycles. The van der Waals surface area contributed by atoms with E-state index < -0.39 is 0 Å². The molecule has 0 unspecified atom stereocenters. The van der Waals surface area contributed by atoms with E-state index in [0.29, 0.717) is 12.5 Å². The van der Waals surface area contributed by atoms with Crippen LogP contribution in [0.25, 0.3) is 0 Å². The van der Waals surface area contributed by atoms with Crippen molar-refractivity contribution < 1.29 is 9.53 Å². The van der Waals surface area contributed by atoms with Gasteiger partial charge in [-0.2, -0.15) is 0 Å². The number of anilines is 2.